The molecule has 6 aromatic carbocycles. The summed E-state index contributed by atoms with van der Waals surface area (Å²) in [4.78, 5) is 84.7. The van der Waals surface area contributed by atoms with Gasteiger partial charge < -0.3 is 52.1 Å². The van der Waals surface area contributed by atoms with Gasteiger partial charge in [-0.25, -0.2) is 28.8 Å². The van der Waals surface area contributed by atoms with E-state index < -0.39 is 120 Å². The van der Waals surface area contributed by atoms with E-state index in [2.05, 4.69) is 6.58 Å². The lowest BCUT2D eigenvalue weighted by Crippen LogP contribution is -2.67. The molecule has 10 atom stereocenters. The van der Waals surface area contributed by atoms with Crippen molar-refractivity contribution in [1.82, 2.24) is 0 Å². The van der Waals surface area contributed by atoms with Gasteiger partial charge in [0.05, 0.1) is 40.0 Å². The molecule has 8 rings (SSSR count). The first-order chi connectivity index (χ1) is 38.7. The van der Waals surface area contributed by atoms with Crippen molar-refractivity contribution in [2.45, 2.75) is 65.2 Å². The third-order valence-electron chi connectivity index (χ3n) is 12.2. The fourth-order valence-electron chi connectivity index (χ4n) is 8.32. The second kappa shape index (κ2) is 27.8. The number of benzene rings is 6. The molecule has 0 saturated carbocycles. The molecular formula is C59H50Cl3NO17. The molecule has 2 saturated heterocycles. The summed E-state index contributed by atoms with van der Waals surface area (Å²) in [5, 5.41) is 8.71. The standard InChI is InChI=1S/C59H50Cl3NO17/c1-2-33-70-46-44(75-52(66)38-25-13-5-14-26-38)42(34-71-50(64)36-21-9-3-10-22-36)73-56(48(46)77-54(68)40-29-17-7-18-30-40)79-47-45(76-53(67)39-27-15-6-16-28-39)43(35-72-51(65)37-23-11-4-12-24-37)74-57(80-58(63)59(60,61)62)49(47)78-55(69)41-31-19-8-20-32-41/h2-32,42-49,56-57,63H,1,33-35H2/t42-,43-,44-,45-,46+,47+,48+,49+,56-,57-/m1/s1. The molecule has 2 aliphatic heterocycles. The van der Waals surface area contributed by atoms with Crippen LogP contribution in [0, 0.1) is 5.41 Å². The molecule has 18 nitrogen and oxygen atoms in total. The molecule has 414 valence electrons. The van der Waals surface area contributed by atoms with Gasteiger partial charge in [0, 0.05) is 0 Å². The van der Waals surface area contributed by atoms with Gasteiger partial charge in [-0.3, -0.25) is 5.41 Å². The maximum absolute atomic E-state index is 14.4. The molecule has 0 amide bonds. The molecule has 1 N–H and O–H groups in total. The Morgan fingerprint density at radius 3 is 1.06 bits per heavy atom. The number of rotatable bonds is 20. The van der Waals surface area contributed by atoms with E-state index in [9.17, 15) is 28.8 Å². The van der Waals surface area contributed by atoms with E-state index in [1.807, 2.05) is 0 Å². The van der Waals surface area contributed by atoms with Crippen LogP contribution >= 0.6 is 34.8 Å². The summed E-state index contributed by atoms with van der Waals surface area (Å²) in [5.41, 5.74) is 0.347. The highest BCUT2D eigenvalue weighted by atomic mass is 35.6. The first-order valence-corrected chi connectivity index (χ1v) is 25.8. The van der Waals surface area contributed by atoms with Crippen molar-refractivity contribution in [3.63, 3.8) is 0 Å². The second-order valence-corrected chi connectivity index (χ2v) is 19.9. The van der Waals surface area contributed by atoms with Crippen LogP contribution in [0.4, 0.5) is 0 Å². The number of carbonyl (C=O) groups excluding carboxylic acids is 6. The smallest absolute Gasteiger partial charge is 0.338 e. The fraction of sp³-hybridized carbons (Fsp3) is 0.237. The van der Waals surface area contributed by atoms with Crippen molar-refractivity contribution in [3.05, 3.63) is 228 Å². The maximum atomic E-state index is 14.4. The molecule has 0 aliphatic carbocycles. The van der Waals surface area contributed by atoms with Crippen molar-refractivity contribution in [2.75, 3.05) is 19.8 Å². The lowest BCUT2D eigenvalue weighted by molar-refractivity contribution is -0.353. The molecule has 0 unspecified atom stereocenters. The van der Waals surface area contributed by atoms with Crippen molar-refractivity contribution >= 4 is 76.5 Å². The molecule has 0 bridgehead atoms. The first kappa shape index (κ1) is 58.2. The van der Waals surface area contributed by atoms with Gasteiger partial charge in [0.2, 0.25) is 12.2 Å². The molecule has 21 heteroatoms. The molecule has 2 heterocycles. The van der Waals surface area contributed by atoms with Crippen LogP contribution in [0.5, 0.6) is 0 Å². The Kier molecular flexibility index (Phi) is 20.2. The van der Waals surface area contributed by atoms with Gasteiger partial charge in [0.1, 0.15) is 37.6 Å². The summed E-state index contributed by atoms with van der Waals surface area (Å²) < 4.78 is 66.3. The van der Waals surface area contributed by atoms with Crippen molar-refractivity contribution < 1.29 is 80.9 Å². The lowest BCUT2D eigenvalue weighted by Gasteiger charge is -2.49. The Morgan fingerprint density at radius 1 is 0.425 bits per heavy atom. The monoisotopic (exact) mass is 1150 g/mol. The molecule has 2 fully saturated rings. The second-order valence-electron chi connectivity index (χ2n) is 17.6. The van der Waals surface area contributed by atoms with Crippen molar-refractivity contribution in [1.29, 1.82) is 5.41 Å². The summed E-state index contributed by atoms with van der Waals surface area (Å²) in [6.45, 7) is 2.05. The largest absolute Gasteiger partial charge is 0.459 e. The molecule has 0 spiro atoms. The topological polar surface area (TPSA) is 228 Å². The molecular weight excluding hydrogens is 1100 g/mol. The van der Waals surface area contributed by atoms with E-state index in [0.717, 1.165) is 0 Å². The third-order valence-corrected chi connectivity index (χ3v) is 12.7. The van der Waals surface area contributed by atoms with Gasteiger partial charge in [-0.05, 0) is 72.8 Å². The van der Waals surface area contributed by atoms with Gasteiger partial charge >= 0.3 is 35.8 Å². The summed E-state index contributed by atoms with van der Waals surface area (Å²) in [6.07, 6.45) is -16.9. The van der Waals surface area contributed by atoms with Crippen LogP contribution in [0.2, 0.25) is 0 Å². The predicted octanol–water partition coefficient (Wildman–Crippen LogP) is 9.37. The Hall–Kier alpha value is -7.94. The van der Waals surface area contributed by atoms with Crippen molar-refractivity contribution in [3.8, 4) is 0 Å². The van der Waals surface area contributed by atoms with E-state index in [4.69, 9.17) is 92.3 Å². The third kappa shape index (κ3) is 15.2. The maximum Gasteiger partial charge on any atom is 0.338 e. The zero-order valence-corrected chi connectivity index (χ0v) is 44.3. The average molecular weight is 1150 g/mol. The van der Waals surface area contributed by atoms with E-state index >= 15 is 0 Å². The Bertz CT molecular complexity index is 3070. The van der Waals surface area contributed by atoms with Crippen LogP contribution in [0.1, 0.15) is 62.1 Å². The van der Waals surface area contributed by atoms with E-state index in [1.54, 1.807) is 109 Å². The van der Waals surface area contributed by atoms with Crippen molar-refractivity contribution in [2.24, 2.45) is 0 Å². The molecule has 6 aromatic rings. The molecule has 0 radical (unpaired) electrons. The number of esters is 6. The number of hydrogen-bond acceptors (Lipinski definition) is 18. The summed E-state index contributed by atoms with van der Waals surface area (Å²) >= 11 is 18.5. The average Bonchev–Trinajstić information content (AvgIpc) is 3.55. The first-order valence-electron chi connectivity index (χ1n) is 24.7. The lowest BCUT2D eigenvalue weighted by atomic mass is 9.95. The SMILES string of the molecule is C=CCO[C@@H]1[C@H](OC(=O)c2ccccc2)[C@@H](O[C@@H]2[C@H](OC(=O)c3ccccc3)[C@@H](OC(=N)C(Cl)(Cl)Cl)O[C@H](COC(=O)c3ccccc3)[C@H]2OC(=O)c2ccccc2)O[C@H](COC(=O)c2ccccc2)[C@H]1OC(=O)c1ccccc1. The molecule has 80 heavy (non-hydrogen) atoms. The number of hydrogen-bond donors (Lipinski definition) is 1. The summed E-state index contributed by atoms with van der Waals surface area (Å²) in [5.74, 6) is -6.67. The van der Waals surface area contributed by atoms with Gasteiger partial charge in [0.15, 0.2) is 30.7 Å². The Balaban J connectivity index is 1.30. The van der Waals surface area contributed by atoms with Gasteiger partial charge in [-0.2, -0.15) is 0 Å². The zero-order chi connectivity index (χ0) is 56.6. The number of nitrogens with one attached hydrogen (secondary N) is 1. The highest BCUT2D eigenvalue weighted by Gasteiger charge is 2.58. The van der Waals surface area contributed by atoms with Gasteiger partial charge in [0.25, 0.3) is 3.79 Å². The minimum absolute atomic E-state index is 0.00492. The zero-order valence-electron chi connectivity index (χ0n) is 42.1. The highest BCUT2D eigenvalue weighted by Crippen LogP contribution is 2.38. The van der Waals surface area contributed by atoms with Gasteiger partial charge in [-0.15, -0.1) is 6.58 Å². The number of halogens is 3. The Labute approximate surface area is 473 Å². The number of alkyl halides is 3. The number of ether oxygens (including phenoxy) is 11. The summed E-state index contributed by atoms with van der Waals surface area (Å²) in [7, 11) is 0. The quantitative estimate of drug-likeness (QED) is 0.0187. The van der Waals surface area contributed by atoms with E-state index in [1.165, 1.54) is 78.9 Å². The predicted molar refractivity (Wildman–Crippen MR) is 287 cm³/mol. The van der Waals surface area contributed by atoms with Crippen LogP contribution in [0.3, 0.4) is 0 Å². The number of carbonyl (C=O) groups is 6. The van der Waals surface area contributed by atoms with Crippen LogP contribution in [-0.2, 0) is 52.1 Å². The van der Waals surface area contributed by atoms with Crippen LogP contribution in [-0.4, -0.2) is 127 Å². The highest BCUT2D eigenvalue weighted by molar-refractivity contribution is 6.76. The normalized spacial score (nSPS) is 22.5. The Morgan fingerprint density at radius 2 is 0.725 bits per heavy atom. The molecule has 2 aliphatic rings. The summed E-state index contributed by atoms with van der Waals surface area (Å²) in [6, 6.07) is 46.6. The van der Waals surface area contributed by atoms with Gasteiger partial charge in [-0.1, -0.05) is 150 Å². The minimum Gasteiger partial charge on any atom is -0.459 e. The van der Waals surface area contributed by atoms with Crippen LogP contribution in [0.15, 0.2) is 195 Å². The molecule has 0 aromatic heterocycles. The van der Waals surface area contributed by atoms with Crippen LogP contribution < -0.4 is 0 Å². The minimum atomic E-state index is -2.57. The van der Waals surface area contributed by atoms with E-state index in [0.29, 0.717) is 0 Å². The van der Waals surface area contributed by atoms with Crippen LogP contribution in [0.25, 0.3) is 0 Å². The van der Waals surface area contributed by atoms with E-state index in [-0.39, 0.29) is 40.0 Å². The fourth-order valence-corrected chi connectivity index (χ4v) is 8.45.